The Labute approximate surface area is 166 Å². The van der Waals surface area contributed by atoms with Crippen molar-refractivity contribution in [2.24, 2.45) is 17.6 Å². The van der Waals surface area contributed by atoms with Gasteiger partial charge >= 0.3 is 0 Å². The van der Waals surface area contributed by atoms with Gasteiger partial charge in [-0.05, 0) is 61.4 Å². The molecule has 0 aromatic heterocycles. The van der Waals surface area contributed by atoms with Crippen molar-refractivity contribution in [3.8, 4) is 11.8 Å². The molecule has 1 heterocycles. The number of hydrogen-bond acceptors (Lipinski definition) is 4. The lowest BCUT2D eigenvalue weighted by Gasteiger charge is -2.38. The van der Waals surface area contributed by atoms with Crippen molar-refractivity contribution in [1.82, 2.24) is 4.90 Å². The first-order valence-electron chi connectivity index (χ1n) is 9.81. The van der Waals surface area contributed by atoms with E-state index in [0.717, 1.165) is 32.4 Å². The van der Waals surface area contributed by atoms with Crippen LogP contribution in [0.3, 0.4) is 0 Å². The molecule has 3 aliphatic rings. The molecule has 1 aromatic carbocycles. The number of rotatable bonds is 3. The minimum absolute atomic E-state index is 0.0295. The van der Waals surface area contributed by atoms with Crippen molar-refractivity contribution in [2.45, 2.75) is 44.4 Å². The van der Waals surface area contributed by atoms with Crippen LogP contribution in [0, 0.1) is 23.2 Å². The standard InChI is InChI=1S/C22H26ClN3O/c1-14-4-2-6-17-18(14)11-20(26-9-3-5-16(25)13-26)22(17)27-21-8-7-15(12-24)10-19(21)23/h2,4,6-8,10,14,16,18,20,22H,3,5,9,11,13,25H2,1H3/t14?,16-,18?,20+,22+/m1/s1. The van der Waals surface area contributed by atoms with Crippen molar-refractivity contribution in [3.05, 3.63) is 52.6 Å². The van der Waals surface area contributed by atoms with Gasteiger partial charge in [-0.2, -0.15) is 5.26 Å². The Balaban J connectivity index is 1.64. The first-order valence-corrected chi connectivity index (χ1v) is 10.2. The minimum Gasteiger partial charge on any atom is -0.483 e. The quantitative estimate of drug-likeness (QED) is 0.859. The molecule has 27 heavy (non-hydrogen) atoms. The molecule has 1 saturated carbocycles. The third kappa shape index (κ3) is 3.65. The highest BCUT2D eigenvalue weighted by Gasteiger charge is 2.46. The number of likely N-dealkylation sites (tertiary alicyclic amines) is 1. The number of nitrogens with zero attached hydrogens (tertiary/aromatic N) is 2. The summed E-state index contributed by atoms with van der Waals surface area (Å²) in [5.74, 6) is 1.66. The predicted molar refractivity (Wildman–Crippen MR) is 108 cm³/mol. The van der Waals surface area contributed by atoms with Crippen molar-refractivity contribution in [1.29, 1.82) is 5.26 Å². The van der Waals surface area contributed by atoms with Gasteiger partial charge in [0, 0.05) is 12.6 Å². The Morgan fingerprint density at radius 3 is 2.96 bits per heavy atom. The summed E-state index contributed by atoms with van der Waals surface area (Å²) in [7, 11) is 0. The first-order chi connectivity index (χ1) is 13.1. The number of piperidine rings is 1. The zero-order valence-electron chi connectivity index (χ0n) is 15.6. The summed E-state index contributed by atoms with van der Waals surface area (Å²) in [4.78, 5) is 2.52. The second-order valence-electron chi connectivity index (χ2n) is 8.01. The molecule has 1 aromatic rings. The van der Waals surface area contributed by atoms with E-state index in [1.807, 2.05) is 6.07 Å². The number of nitrogens with two attached hydrogens (primary N) is 1. The average molecular weight is 384 g/mol. The normalized spacial score (nSPS) is 33.3. The first kappa shape index (κ1) is 18.6. The summed E-state index contributed by atoms with van der Waals surface area (Å²) in [6.07, 6.45) is 9.94. The summed E-state index contributed by atoms with van der Waals surface area (Å²) in [6.45, 7) is 4.28. The second-order valence-corrected chi connectivity index (χ2v) is 8.42. The van der Waals surface area contributed by atoms with E-state index in [0.29, 0.717) is 34.2 Å². The van der Waals surface area contributed by atoms with Crippen molar-refractivity contribution < 1.29 is 4.74 Å². The lowest BCUT2D eigenvalue weighted by Crippen LogP contribution is -2.51. The minimum atomic E-state index is -0.0295. The number of halogens is 1. The number of hydrogen-bond donors (Lipinski definition) is 1. The molecule has 0 bridgehead atoms. The number of fused-ring (bicyclic) bond motifs is 1. The van der Waals surface area contributed by atoms with Gasteiger partial charge in [-0.1, -0.05) is 36.8 Å². The Morgan fingerprint density at radius 1 is 1.37 bits per heavy atom. The van der Waals surface area contributed by atoms with E-state index in [-0.39, 0.29) is 12.1 Å². The van der Waals surface area contributed by atoms with E-state index in [9.17, 15) is 0 Å². The molecule has 2 fully saturated rings. The van der Waals surface area contributed by atoms with Gasteiger partial charge in [0.15, 0.2) is 0 Å². The van der Waals surface area contributed by atoms with Gasteiger partial charge in [0.2, 0.25) is 0 Å². The fourth-order valence-electron chi connectivity index (χ4n) is 4.80. The molecule has 1 aliphatic heterocycles. The highest BCUT2D eigenvalue weighted by Crippen LogP contribution is 2.44. The smallest absolute Gasteiger partial charge is 0.138 e. The molecule has 5 heteroatoms. The molecular formula is C22H26ClN3O. The molecule has 4 nitrogen and oxygen atoms in total. The predicted octanol–water partition coefficient (Wildman–Crippen LogP) is 3.90. The van der Waals surface area contributed by atoms with E-state index in [1.165, 1.54) is 5.57 Å². The molecule has 0 radical (unpaired) electrons. The molecule has 2 aliphatic carbocycles. The molecule has 0 amide bonds. The van der Waals surface area contributed by atoms with Crippen LogP contribution in [0.15, 0.2) is 42.0 Å². The van der Waals surface area contributed by atoms with Crippen LogP contribution in [-0.2, 0) is 0 Å². The van der Waals surface area contributed by atoms with E-state index in [1.54, 1.807) is 12.1 Å². The van der Waals surface area contributed by atoms with Gasteiger partial charge in [0.1, 0.15) is 11.9 Å². The Morgan fingerprint density at radius 2 is 2.22 bits per heavy atom. The summed E-state index contributed by atoms with van der Waals surface area (Å²) in [5.41, 5.74) is 8.16. The third-order valence-electron chi connectivity index (χ3n) is 6.21. The van der Waals surface area contributed by atoms with E-state index in [2.05, 4.69) is 36.1 Å². The van der Waals surface area contributed by atoms with Gasteiger partial charge in [-0.3, -0.25) is 4.90 Å². The summed E-state index contributed by atoms with van der Waals surface area (Å²) in [5, 5.41) is 9.57. The van der Waals surface area contributed by atoms with Crippen LogP contribution >= 0.6 is 11.6 Å². The van der Waals surface area contributed by atoms with Gasteiger partial charge in [-0.15, -0.1) is 0 Å². The number of benzene rings is 1. The van der Waals surface area contributed by atoms with Gasteiger partial charge in [0.05, 0.1) is 22.7 Å². The molecule has 2 N–H and O–H groups in total. The van der Waals surface area contributed by atoms with E-state index in [4.69, 9.17) is 27.3 Å². The SMILES string of the molecule is CC1C=CC=C2C1C[C@H](N1CCC[C@@H](N)C1)[C@H]2Oc1ccc(C#N)cc1Cl. The fraction of sp³-hybridized carbons (Fsp3) is 0.500. The Bertz CT molecular complexity index is 812. The molecule has 142 valence electrons. The maximum atomic E-state index is 9.07. The molecule has 1 saturated heterocycles. The van der Waals surface area contributed by atoms with Crippen molar-refractivity contribution >= 4 is 11.6 Å². The Hall–Kier alpha value is -1.80. The zero-order chi connectivity index (χ0) is 19.0. The summed E-state index contributed by atoms with van der Waals surface area (Å²) >= 11 is 6.40. The number of allylic oxidation sites excluding steroid dienone is 3. The fourth-order valence-corrected chi connectivity index (χ4v) is 5.02. The van der Waals surface area contributed by atoms with Crippen LogP contribution < -0.4 is 10.5 Å². The monoisotopic (exact) mass is 383 g/mol. The highest BCUT2D eigenvalue weighted by molar-refractivity contribution is 6.32. The van der Waals surface area contributed by atoms with Crippen LogP contribution in [0.1, 0.15) is 31.7 Å². The molecule has 5 atom stereocenters. The largest absolute Gasteiger partial charge is 0.483 e. The molecule has 4 rings (SSSR count). The molecule has 0 spiro atoms. The van der Waals surface area contributed by atoms with Gasteiger partial charge < -0.3 is 10.5 Å². The average Bonchev–Trinajstić information content (AvgIpc) is 3.03. The molecular weight excluding hydrogens is 358 g/mol. The lowest BCUT2D eigenvalue weighted by atomic mass is 9.85. The summed E-state index contributed by atoms with van der Waals surface area (Å²) < 4.78 is 6.50. The third-order valence-corrected chi connectivity index (χ3v) is 6.51. The van der Waals surface area contributed by atoms with Crippen molar-refractivity contribution in [2.75, 3.05) is 13.1 Å². The second kappa shape index (κ2) is 7.67. The van der Waals surface area contributed by atoms with E-state index < -0.39 is 0 Å². The lowest BCUT2D eigenvalue weighted by molar-refractivity contribution is 0.0794. The topological polar surface area (TPSA) is 62.3 Å². The Kier molecular flexibility index (Phi) is 5.27. The maximum Gasteiger partial charge on any atom is 0.138 e. The van der Waals surface area contributed by atoms with Crippen LogP contribution in [0.2, 0.25) is 5.02 Å². The summed E-state index contributed by atoms with van der Waals surface area (Å²) in [6, 6.07) is 7.92. The number of ether oxygens (including phenoxy) is 1. The highest BCUT2D eigenvalue weighted by atomic mass is 35.5. The maximum absolute atomic E-state index is 9.07. The van der Waals surface area contributed by atoms with Crippen LogP contribution in [0.5, 0.6) is 5.75 Å². The zero-order valence-corrected chi connectivity index (χ0v) is 16.4. The van der Waals surface area contributed by atoms with Crippen molar-refractivity contribution in [3.63, 3.8) is 0 Å². The van der Waals surface area contributed by atoms with Gasteiger partial charge in [0.25, 0.3) is 0 Å². The van der Waals surface area contributed by atoms with Crippen LogP contribution in [0.25, 0.3) is 0 Å². The van der Waals surface area contributed by atoms with Crippen LogP contribution in [0.4, 0.5) is 0 Å². The van der Waals surface area contributed by atoms with Gasteiger partial charge in [-0.25, -0.2) is 0 Å². The van der Waals surface area contributed by atoms with E-state index >= 15 is 0 Å². The number of nitriles is 1. The van der Waals surface area contributed by atoms with Crippen LogP contribution in [-0.4, -0.2) is 36.2 Å². The molecule has 2 unspecified atom stereocenters.